The van der Waals surface area contributed by atoms with Gasteiger partial charge in [0.15, 0.2) is 0 Å². The second-order valence-electron chi connectivity index (χ2n) is 10.1. The van der Waals surface area contributed by atoms with Gasteiger partial charge in [0.05, 0.1) is 0 Å². The second kappa shape index (κ2) is 9.29. The molecule has 0 radical (unpaired) electrons. The van der Waals surface area contributed by atoms with Crippen LogP contribution < -0.4 is 10.00 Å². The fourth-order valence-corrected chi connectivity index (χ4v) is 3.40. The van der Waals surface area contributed by atoms with E-state index >= 15 is 0 Å². The highest BCUT2D eigenvalue weighted by molar-refractivity contribution is 5.68. The Bertz CT molecular complexity index is 1120. The quantitative estimate of drug-likeness (QED) is 0.511. The molecule has 1 atom stereocenters. The van der Waals surface area contributed by atoms with Crippen LogP contribution in [0.1, 0.15) is 59.0 Å². The maximum absolute atomic E-state index is 14.7. The molecule has 176 valence electrons. The lowest BCUT2D eigenvalue weighted by atomic mass is 9.86. The molecule has 0 unspecified atom stereocenters. The number of ether oxygens (including phenoxy) is 1. The van der Waals surface area contributed by atoms with Crippen molar-refractivity contribution in [3.05, 3.63) is 71.6 Å². The number of aromatic amines is 1. The first kappa shape index (κ1) is 24.4. The molecule has 1 heterocycles. The van der Waals surface area contributed by atoms with Gasteiger partial charge >= 0.3 is 11.9 Å². The lowest BCUT2D eigenvalue weighted by Gasteiger charge is -2.29. The van der Waals surface area contributed by atoms with Gasteiger partial charge in [-0.15, -0.1) is 4.68 Å². The zero-order valence-corrected chi connectivity index (χ0v) is 19.9. The van der Waals surface area contributed by atoms with Crippen LogP contribution in [0, 0.1) is 17.0 Å². The molecule has 0 aliphatic carbocycles. The molecule has 0 saturated carbocycles. The molecule has 6 nitrogen and oxygen atoms in total. The third-order valence-electron chi connectivity index (χ3n) is 4.88. The highest BCUT2D eigenvalue weighted by Crippen LogP contribution is 2.32. The monoisotopic (exact) mass is 457 g/mol. The molecule has 2 N–H and O–H groups in total. The summed E-state index contributed by atoms with van der Waals surface area (Å²) < 4.78 is 35.8. The van der Waals surface area contributed by atoms with Crippen molar-refractivity contribution >= 4 is 6.09 Å². The van der Waals surface area contributed by atoms with E-state index in [-0.39, 0.29) is 11.4 Å². The standard InChI is InChI=1S/C25H30F2N4O2/c1-24(2,3)20(28-23(32)33-25(4,5)6)21-29-22(18-14-17(26)12-13-19(18)27)31(30-21)15-16-10-8-7-9-11-16/h7-14,20H,15H2,1-6H3,(H,28,32)/p+1/t20-/m0/s1. The minimum atomic E-state index is -0.668. The average Bonchev–Trinajstić information content (AvgIpc) is 3.09. The first-order valence-corrected chi connectivity index (χ1v) is 10.8. The Morgan fingerprint density at radius 2 is 1.76 bits per heavy atom. The largest absolute Gasteiger partial charge is 0.444 e. The second-order valence-corrected chi connectivity index (χ2v) is 10.1. The van der Waals surface area contributed by atoms with Crippen molar-refractivity contribution < 1.29 is 23.0 Å². The number of hydrogen-bond donors (Lipinski definition) is 2. The first-order chi connectivity index (χ1) is 15.3. The molecule has 0 bridgehead atoms. The number of nitrogens with zero attached hydrogens (tertiary/aromatic N) is 2. The molecule has 0 fully saturated rings. The lowest BCUT2D eigenvalue weighted by molar-refractivity contribution is -0.733. The fraction of sp³-hybridized carbons (Fsp3) is 0.400. The Balaban J connectivity index is 2.08. The molecule has 0 aliphatic rings. The van der Waals surface area contributed by atoms with Gasteiger partial charge < -0.3 is 10.1 Å². The van der Waals surface area contributed by atoms with E-state index in [2.05, 4.69) is 15.4 Å². The normalized spacial score (nSPS) is 13.0. The van der Waals surface area contributed by atoms with Gasteiger partial charge in [-0.1, -0.05) is 51.1 Å². The molecule has 0 aliphatic heterocycles. The van der Waals surface area contributed by atoms with Gasteiger partial charge in [0.2, 0.25) is 0 Å². The van der Waals surface area contributed by atoms with Crippen LogP contribution in [-0.4, -0.2) is 21.8 Å². The van der Waals surface area contributed by atoms with E-state index in [0.717, 1.165) is 23.8 Å². The van der Waals surface area contributed by atoms with Crippen LogP contribution in [0.5, 0.6) is 0 Å². The Hall–Kier alpha value is -3.29. The smallest absolute Gasteiger partial charge is 0.408 e. The van der Waals surface area contributed by atoms with Crippen LogP contribution in [0.25, 0.3) is 11.4 Å². The van der Waals surface area contributed by atoms with Crippen LogP contribution >= 0.6 is 0 Å². The summed E-state index contributed by atoms with van der Waals surface area (Å²) in [6.45, 7) is 11.5. The van der Waals surface area contributed by atoms with Gasteiger partial charge in [0, 0.05) is 0 Å². The van der Waals surface area contributed by atoms with Crippen LogP contribution in [0.15, 0.2) is 48.5 Å². The molecule has 1 amide bonds. The van der Waals surface area contributed by atoms with Crippen molar-refractivity contribution in [2.45, 2.75) is 59.7 Å². The van der Waals surface area contributed by atoms with Gasteiger partial charge in [-0.05, 0) is 54.9 Å². The molecule has 3 aromatic rings. The lowest BCUT2D eigenvalue weighted by Crippen LogP contribution is -2.42. The number of aromatic nitrogens is 3. The summed E-state index contributed by atoms with van der Waals surface area (Å²) in [5.41, 5.74) is -0.155. The Morgan fingerprint density at radius 1 is 1.09 bits per heavy atom. The Kier molecular flexibility index (Phi) is 6.86. The van der Waals surface area contributed by atoms with E-state index in [0.29, 0.717) is 12.4 Å². The van der Waals surface area contributed by atoms with Gasteiger partial charge in [-0.3, -0.25) is 0 Å². The number of halogens is 2. The molecule has 2 aromatic carbocycles. The highest BCUT2D eigenvalue weighted by Gasteiger charge is 2.38. The van der Waals surface area contributed by atoms with Crippen molar-refractivity contribution in [1.29, 1.82) is 0 Å². The van der Waals surface area contributed by atoms with Crippen LogP contribution in [0.3, 0.4) is 0 Å². The number of alkyl carbamates (subject to hydrolysis) is 1. The molecule has 1 aromatic heterocycles. The molecule has 3 rings (SSSR count). The number of nitrogens with one attached hydrogen (secondary N) is 2. The summed E-state index contributed by atoms with van der Waals surface area (Å²) in [4.78, 5) is 17.2. The van der Waals surface area contributed by atoms with E-state index in [4.69, 9.17) is 4.74 Å². The summed E-state index contributed by atoms with van der Waals surface area (Å²) >= 11 is 0. The number of hydrogen-bond acceptors (Lipinski definition) is 3. The number of carbonyl (C=O) groups is 1. The highest BCUT2D eigenvalue weighted by atomic mass is 19.1. The predicted octanol–water partition coefficient (Wildman–Crippen LogP) is 5.30. The molecular weight excluding hydrogens is 426 g/mol. The molecular formula is C25H31F2N4O2+. The van der Waals surface area contributed by atoms with Crippen molar-refractivity contribution in [3.8, 4) is 11.4 Å². The predicted molar refractivity (Wildman–Crippen MR) is 121 cm³/mol. The van der Waals surface area contributed by atoms with E-state index < -0.39 is 34.8 Å². The number of rotatable bonds is 5. The van der Waals surface area contributed by atoms with E-state index in [1.807, 2.05) is 51.1 Å². The molecule has 33 heavy (non-hydrogen) atoms. The minimum absolute atomic E-state index is 0.0263. The Morgan fingerprint density at radius 3 is 2.36 bits per heavy atom. The van der Waals surface area contributed by atoms with Gasteiger partial charge in [-0.25, -0.2) is 13.6 Å². The van der Waals surface area contributed by atoms with Gasteiger partial charge in [-0.2, -0.15) is 5.10 Å². The Labute approximate surface area is 193 Å². The maximum atomic E-state index is 14.7. The van der Waals surface area contributed by atoms with Crippen molar-refractivity contribution in [3.63, 3.8) is 0 Å². The minimum Gasteiger partial charge on any atom is -0.444 e. The average molecular weight is 458 g/mol. The molecule has 8 heteroatoms. The van der Waals surface area contributed by atoms with E-state index in [9.17, 15) is 13.6 Å². The zero-order valence-electron chi connectivity index (χ0n) is 19.9. The first-order valence-electron chi connectivity index (χ1n) is 10.8. The van der Waals surface area contributed by atoms with Crippen molar-refractivity contribution in [1.82, 2.24) is 15.4 Å². The summed E-state index contributed by atoms with van der Waals surface area (Å²) in [6.07, 6.45) is -0.591. The third-order valence-corrected chi connectivity index (χ3v) is 4.88. The van der Waals surface area contributed by atoms with Crippen LogP contribution in [-0.2, 0) is 11.3 Å². The number of benzene rings is 2. The fourth-order valence-electron chi connectivity index (χ4n) is 3.40. The number of H-pyrrole nitrogens is 1. The van der Waals surface area contributed by atoms with Gasteiger partial charge in [0.25, 0.3) is 5.82 Å². The number of amides is 1. The van der Waals surface area contributed by atoms with Gasteiger partial charge in [0.1, 0.15) is 35.4 Å². The van der Waals surface area contributed by atoms with Crippen LogP contribution in [0.4, 0.5) is 13.6 Å². The molecule has 0 spiro atoms. The van der Waals surface area contributed by atoms with Crippen LogP contribution in [0.2, 0.25) is 0 Å². The van der Waals surface area contributed by atoms with Crippen molar-refractivity contribution in [2.75, 3.05) is 0 Å². The van der Waals surface area contributed by atoms with E-state index in [1.165, 1.54) is 0 Å². The SMILES string of the molecule is CC(C)(C)OC(=O)N[C@@H](c1nc(-c2cc(F)ccc2F)[n+](Cc2ccccc2)[nH]1)C(C)(C)C. The summed E-state index contributed by atoms with van der Waals surface area (Å²) in [6, 6.07) is 12.2. The van der Waals surface area contributed by atoms with Crippen molar-refractivity contribution in [2.24, 2.45) is 5.41 Å². The third kappa shape index (κ3) is 6.37. The number of carbonyl (C=O) groups excluding carboxylic acids is 1. The summed E-state index contributed by atoms with van der Waals surface area (Å²) in [5, 5.41) is 6.07. The summed E-state index contributed by atoms with van der Waals surface area (Å²) in [5.74, 6) is -0.529. The zero-order chi connectivity index (χ0) is 24.4. The summed E-state index contributed by atoms with van der Waals surface area (Å²) in [7, 11) is 0. The van der Waals surface area contributed by atoms with E-state index in [1.54, 1.807) is 25.5 Å². The topological polar surface area (TPSA) is 70.9 Å². The molecule has 0 saturated heterocycles. The maximum Gasteiger partial charge on any atom is 0.408 e.